The number of piperidine rings is 1. The van der Waals surface area contributed by atoms with E-state index in [2.05, 4.69) is 16.3 Å². The Kier molecular flexibility index (Phi) is 4.50. The Labute approximate surface area is 159 Å². The Morgan fingerprint density at radius 1 is 1.37 bits per heavy atom. The molecular weight excluding hydrogens is 340 g/mol. The largest absolute Gasteiger partial charge is 0.367 e. The van der Waals surface area contributed by atoms with Gasteiger partial charge in [-0.15, -0.1) is 0 Å². The molecule has 3 heterocycles. The van der Waals surface area contributed by atoms with E-state index in [9.17, 15) is 10.1 Å². The van der Waals surface area contributed by atoms with E-state index in [1.165, 1.54) is 0 Å². The Bertz CT molecular complexity index is 854. The molecule has 7 heteroatoms. The van der Waals surface area contributed by atoms with E-state index in [1.807, 2.05) is 30.5 Å². The molecule has 1 saturated heterocycles. The maximum Gasteiger partial charge on any atom is 0.327 e. The fraction of sp³-hybridized carbons (Fsp3) is 0.400. The molecule has 140 valence electrons. The van der Waals surface area contributed by atoms with Gasteiger partial charge in [-0.1, -0.05) is 18.2 Å². The van der Waals surface area contributed by atoms with Crippen LogP contribution >= 0.6 is 0 Å². The zero-order valence-corrected chi connectivity index (χ0v) is 15.4. The topological polar surface area (TPSA) is 88.6 Å². The fourth-order valence-corrected chi connectivity index (χ4v) is 4.11. The molecule has 27 heavy (non-hydrogen) atoms. The molecule has 4 rings (SSSR count). The number of hydrogen-bond donors (Lipinski definition) is 2. The van der Waals surface area contributed by atoms with E-state index >= 15 is 0 Å². The number of carbonyl (C=O) groups excluding carboxylic acids is 1. The summed E-state index contributed by atoms with van der Waals surface area (Å²) in [4.78, 5) is 18.9. The molecule has 2 atom stereocenters. The molecule has 0 bridgehead atoms. The predicted octanol–water partition coefficient (Wildman–Crippen LogP) is 1.50. The highest BCUT2D eigenvalue weighted by Crippen LogP contribution is 2.33. The van der Waals surface area contributed by atoms with Crippen molar-refractivity contribution in [2.24, 2.45) is 5.73 Å². The highest BCUT2D eigenvalue weighted by Gasteiger charge is 2.41. The molecular formula is C20H24N6O. The van der Waals surface area contributed by atoms with Crippen molar-refractivity contribution in [1.29, 1.82) is 5.26 Å². The Hall–Kier alpha value is -2.98. The molecule has 0 radical (unpaired) electrons. The fourth-order valence-electron chi connectivity index (χ4n) is 4.11. The molecule has 1 aromatic rings. The number of benzene rings is 1. The molecule has 1 unspecified atom stereocenters. The summed E-state index contributed by atoms with van der Waals surface area (Å²) < 4.78 is 0. The van der Waals surface area contributed by atoms with Crippen molar-refractivity contribution in [2.45, 2.75) is 31.6 Å². The van der Waals surface area contributed by atoms with E-state index < -0.39 is 0 Å². The third kappa shape index (κ3) is 3.02. The van der Waals surface area contributed by atoms with Gasteiger partial charge >= 0.3 is 6.03 Å². The number of likely N-dealkylation sites (N-methyl/N-ethyl adjacent to an activating group) is 1. The normalized spacial score (nSPS) is 24.8. The molecule has 1 aromatic carbocycles. The molecule has 0 aliphatic carbocycles. The van der Waals surface area contributed by atoms with Gasteiger partial charge in [-0.25, -0.2) is 4.79 Å². The average molecular weight is 364 g/mol. The second kappa shape index (κ2) is 6.97. The minimum absolute atomic E-state index is 0.0816. The molecule has 2 amide bonds. The first-order valence-electron chi connectivity index (χ1n) is 9.30. The zero-order valence-electron chi connectivity index (χ0n) is 15.4. The number of rotatable bonds is 3. The van der Waals surface area contributed by atoms with Crippen molar-refractivity contribution in [3.63, 3.8) is 0 Å². The first kappa shape index (κ1) is 17.4. The second-order valence-electron chi connectivity index (χ2n) is 7.28. The number of amides is 2. The van der Waals surface area contributed by atoms with Crippen molar-refractivity contribution in [1.82, 2.24) is 20.0 Å². The first-order valence-corrected chi connectivity index (χ1v) is 9.30. The van der Waals surface area contributed by atoms with E-state index in [0.717, 1.165) is 42.9 Å². The van der Waals surface area contributed by atoms with Gasteiger partial charge in [-0.2, -0.15) is 5.26 Å². The molecule has 7 nitrogen and oxygen atoms in total. The number of urea groups is 1. The number of nitriles is 1. The van der Waals surface area contributed by atoms with Gasteiger partial charge in [0.1, 0.15) is 12.0 Å². The van der Waals surface area contributed by atoms with Crippen molar-refractivity contribution < 1.29 is 4.79 Å². The number of nitrogens with one attached hydrogen (secondary N) is 1. The van der Waals surface area contributed by atoms with Crippen LogP contribution in [0.5, 0.6) is 0 Å². The molecule has 1 fully saturated rings. The molecule has 3 aliphatic heterocycles. The van der Waals surface area contributed by atoms with Crippen LogP contribution in [0.25, 0.3) is 0 Å². The molecule has 0 saturated carbocycles. The monoisotopic (exact) mass is 364 g/mol. The first-order chi connectivity index (χ1) is 13.1. The number of fused-ring (bicyclic) bond motifs is 1. The number of hydrogen-bond acceptors (Lipinski definition) is 5. The van der Waals surface area contributed by atoms with Gasteiger partial charge in [0, 0.05) is 31.8 Å². The van der Waals surface area contributed by atoms with Crippen molar-refractivity contribution >= 4 is 6.03 Å². The summed E-state index contributed by atoms with van der Waals surface area (Å²) in [7, 11) is 1.80. The Morgan fingerprint density at radius 2 is 2.19 bits per heavy atom. The van der Waals surface area contributed by atoms with Crippen LogP contribution in [0.4, 0.5) is 4.79 Å². The number of likely N-dealkylation sites (tertiary alicyclic amines) is 1. The van der Waals surface area contributed by atoms with Gasteiger partial charge in [0.05, 0.1) is 18.2 Å². The van der Waals surface area contributed by atoms with Gasteiger partial charge in [-0.3, -0.25) is 4.90 Å². The number of nitrogens with two attached hydrogens (primary N) is 1. The summed E-state index contributed by atoms with van der Waals surface area (Å²) >= 11 is 0. The van der Waals surface area contributed by atoms with Crippen molar-refractivity contribution in [2.75, 3.05) is 20.1 Å². The van der Waals surface area contributed by atoms with Crippen LogP contribution in [0.2, 0.25) is 0 Å². The molecule has 0 aromatic heterocycles. The van der Waals surface area contributed by atoms with Gasteiger partial charge < -0.3 is 20.9 Å². The van der Waals surface area contributed by atoms with Crippen molar-refractivity contribution in [3.8, 4) is 6.07 Å². The van der Waals surface area contributed by atoms with E-state index in [1.54, 1.807) is 22.9 Å². The van der Waals surface area contributed by atoms with E-state index in [0.29, 0.717) is 12.1 Å². The SMILES string of the molecule is CN1C(=O)N(Cc2ccccc2C#N)C(N2CCC[C@@H](N)C2)=C2C=CNC21. The van der Waals surface area contributed by atoms with Crippen LogP contribution < -0.4 is 11.1 Å². The third-order valence-electron chi connectivity index (χ3n) is 5.47. The maximum absolute atomic E-state index is 13.2. The van der Waals surface area contributed by atoms with E-state index in [4.69, 9.17) is 5.73 Å². The van der Waals surface area contributed by atoms with Gasteiger partial charge in [0.2, 0.25) is 0 Å². The van der Waals surface area contributed by atoms with Crippen LogP contribution in [0, 0.1) is 11.3 Å². The molecule has 0 spiro atoms. The minimum Gasteiger partial charge on any atom is -0.367 e. The summed E-state index contributed by atoms with van der Waals surface area (Å²) in [6.45, 7) is 1.96. The lowest BCUT2D eigenvalue weighted by Crippen LogP contribution is -2.58. The van der Waals surface area contributed by atoms with Crippen LogP contribution in [0.15, 0.2) is 47.9 Å². The standard InChI is InChI=1S/C20H24N6O/c1-24-18-17(8-9-23-18)19(25-10-4-7-16(22)13-25)26(20(24)27)12-15-6-3-2-5-14(15)11-21/h2-3,5-6,8-9,16,18,23H,4,7,10,12-13,22H2,1H3/t16-,18?/m1/s1. The maximum atomic E-state index is 13.2. The second-order valence-corrected chi connectivity index (χ2v) is 7.28. The highest BCUT2D eigenvalue weighted by atomic mass is 16.2. The van der Waals surface area contributed by atoms with Gasteiger partial charge in [-0.05, 0) is 36.7 Å². The summed E-state index contributed by atoms with van der Waals surface area (Å²) in [6, 6.07) is 9.69. The van der Waals surface area contributed by atoms with Gasteiger partial charge in [0.15, 0.2) is 0 Å². The minimum atomic E-state index is -0.159. The predicted molar refractivity (Wildman–Crippen MR) is 102 cm³/mol. The summed E-state index contributed by atoms with van der Waals surface area (Å²) in [5.74, 6) is 0.909. The quantitative estimate of drug-likeness (QED) is 0.849. The lowest BCUT2D eigenvalue weighted by molar-refractivity contribution is 0.113. The number of carbonyl (C=O) groups is 1. The van der Waals surface area contributed by atoms with Crippen molar-refractivity contribution in [3.05, 3.63) is 59.1 Å². The lowest BCUT2D eigenvalue weighted by atomic mass is 10.0. The summed E-state index contributed by atoms with van der Waals surface area (Å²) in [5, 5.41) is 12.7. The lowest BCUT2D eigenvalue weighted by Gasteiger charge is -2.46. The van der Waals surface area contributed by atoms with Gasteiger partial charge in [0.25, 0.3) is 0 Å². The number of nitrogens with zero attached hydrogens (tertiary/aromatic N) is 4. The summed E-state index contributed by atoms with van der Waals surface area (Å²) in [5.41, 5.74) is 8.72. The Balaban J connectivity index is 1.77. The Morgan fingerprint density at radius 3 is 2.96 bits per heavy atom. The third-order valence-corrected chi connectivity index (χ3v) is 5.47. The highest BCUT2D eigenvalue weighted by molar-refractivity contribution is 5.79. The zero-order chi connectivity index (χ0) is 19.0. The van der Waals surface area contributed by atoms with Crippen LogP contribution in [0.3, 0.4) is 0 Å². The smallest absolute Gasteiger partial charge is 0.327 e. The molecule has 3 N–H and O–H groups in total. The summed E-state index contributed by atoms with van der Waals surface area (Å²) in [6.07, 6.45) is 5.77. The average Bonchev–Trinajstić information content (AvgIpc) is 3.16. The van der Waals surface area contributed by atoms with E-state index in [-0.39, 0.29) is 18.2 Å². The molecule has 3 aliphatic rings. The van der Waals surface area contributed by atoms with Crippen LogP contribution in [-0.4, -0.2) is 53.1 Å². The van der Waals surface area contributed by atoms with Crippen LogP contribution in [-0.2, 0) is 6.54 Å². The van der Waals surface area contributed by atoms with Crippen LogP contribution in [0.1, 0.15) is 24.0 Å².